The predicted molar refractivity (Wildman–Crippen MR) is 75.3 cm³/mol. The van der Waals surface area contributed by atoms with E-state index in [9.17, 15) is 0 Å². The van der Waals surface area contributed by atoms with Gasteiger partial charge in [-0.3, -0.25) is 0 Å². The fourth-order valence-electron chi connectivity index (χ4n) is 1.05. The van der Waals surface area contributed by atoms with Gasteiger partial charge in [0, 0.05) is 14.2 Å². The molecule has 92 valence electrons. The van der Waals surface area contributed by atoms with Gasteiger partial charge in [0.1, 0.15) is 0 Å². The van der Waals surface area contributed by atoms with Gasteiger partial charge in [-0.15, -0.1) is 0 Å². The summed E-state index contributed by atoms with van der Waals surface area (Å²) in [5, 5.41) is 0. The topological polar surface area (TPSA) is 9.23 Å². The van der Waals surface area contributed by atoms with Gasteiger partial charge in [-0.1, -0.05) is 60.7 Å². The zero-order valence-electron chi connectivity index (χ0n) is 11.2. The average molecular weight is 230 g/mol. The van der Waals surface area contributed by atoms with Crippen LogP contribution in [-0.4, -0.2) is 14.2 Å². The van der Waals surface area contributed by atoms with Crippen molar-refractivity contribution in [1.29, 1.82) is 0 Å². The van der Waals surface area contributed by atoms with Crippen molar-refractivity contribution in [2.45, 2.75) is 13.8 Å². The molecule has 0 saturated heterocycles. The lowest BCUT2D eigenvalue weighted by atomic mass is 10.1. The maximum Gasteiger partial charge on any atom is 0.0351 e. The summed E-state index contributed by atoms with van der Waals surface area (Å²) in [6.07, 6.45) is 0. The average Bonchev–Trinajstić information content (AvgIpc) is 2.37. The second-order valence-electron chi connectivity index (χ2n) is 3.65. The van der Waals surface area contributed by atoms with E-state index in [-0.39, 0.29) is 0 Å². The van der Waals surface area contributed by atoms with E-state index in [2.05, 4.69) is 42.8 Å². The summed E-state index contributed by atoms with van der Waals surface area (Å²) in [4.78, 5) is 0. The third kappa shape index (κ3) is 9.34. The number of aryl methyl sites for hydroxylation is 2. The quantitative estimate of drug-likeness (QED) is 0.657. The molecule has 0 unspecified atom stereocenters. The van der Waals surface area contributed by atoms with Crippen molar-refractivity contribution in [2.75, 3.05) is 14.2 Å². The lowest BCUT2D eigenvalue weighted by molar-refractivity contribution is 0.277. The molecule has 0 bridgehead atoms. The second kappa shape index (κ2) is 10.9. The zero-order chi connectivity index (χ0) is 12.9. The summed E-state index contributed by atoms with van der Waals surface area (Å²) in [5.74, 6) is 0. The van der Waals surface area contributed by atoms with Crippen molar-refractivity contribution in [1.82, 2.24) is 0 Å². The van der Waals surface area contributed by atoms with Gasteiger partial charge in [0.25, 0.3) is 0 Å². The minimum absolute atomic E-state index is 1.37. The smallest absolute Gasteiger partial charge is 0.0351 e. The van der Waals surface area contributed by atoms with Gasteiger partial charge in [-0.25, -0.2) is 0 Å². The molecule has 0 aliphatic rings. The van der Waals surface area contributed by atoms with Gasteiger partial charge in [0.05, 0.1) is 0 Å². The van der Waals surface area contributed by atoms with Crippen molar-refractivity contribution >= 4 is 0 Å². The lowest BCUT2D eigenvalue weighted by Crippen LogP contribution is -1.74. The van der Waals surface area contributed by atoms with Gasteiger partial charge in [0.15, 0.2) is 0 Å². The number of hydrogen-bond donors (Lipinski definition) is 0. The van der Waals surface area contributed by atoms with Crippen LogP contribution in [0.25, 0.3) is 0 Å². The first kappa shape index (κ1) is 15.4. The first-order chi connectivity index (χ1) is 8.22. The molecule has 2 aromatic carbocycles. The molecular formula is C16H22O. The minimum atomic E-state index is 1.37. The molecule has 0 aromatic heterocycles. The number of benzene rings is 2. The standard InChI is InChI=1S/C8H10.C6H6.C2H6O/c1-7-5-3-4-6-8(7)2;1-2-4-6-5-3-1;1-3-2/h3-6H,1-2H3;1-6H;1-2H3. The molecule has 0 amide bonds. The maximum atomic E-state index is 4.25. The van der Waals surface area contributed by atoms with E-state index in [1.165, 1.54) is 11.1 Å². The summed E-state index contributed by atoms with van der Waals surface area (Å²) in [6.45, 7) is 4.24. The van der Waals surface area contributed by atoms with Gasteiger partial charge in [0.2, 0.25) is 0 Å². The van der Waals surface area contributed by atoms with E-state index in [4.69, 9.17) is 0 Å². The maximum absolute atomic E-state index is 4.25. The van der Waals surface area contributed by atoms with Gasteiger partial charge < -0.3 is 4.74 Å². The molecule has 0 N–H and O–H groups in total. The Balaban J connectivity index is 0.000000252. The van der Waals surface area contributed by atoms with Crippen LogP contribution in [0.1, 0.15) is 11.1 Å². The summed E-state index contributed by atoms with van der Waals surface area (Å²) >= 11 is 0. The molecule has 0 atom stereocenters. The first-order valence-electron chi connectivity index (χ1n) is 5.64. The Hall–Kier alpha value is -1.60. The van der Waals surface area contributed by atoms with Gasteiger partial charge >= 0.3 is 0 Å². The Morgan fingerprint density at radius 1 is 0.588 bits per heavy atom. The third-order valence-electron chi connectivity index (χ3n) is 2.09. The molecule has 0 aliphatic heterocycles. The second-order valence-corrected chi connectivity index (χ2v) is 3.65. The normalized spacial score (nSPS) is 8.24. The molecule has 1 nitrogen and oxygen atoms in total. The van der Waals surface area contributed by atoms with Crippen LogP contribution < -0.4 is 0 Å². The molecule has 0 spiro atoms. The van der Waals surface area contributed by atoms with Crippen LogP contribution >= 0.6 is 0 Å². The van der Waals surface area contributed by atoms with Crippen LogP contribution in [0.3, 0.4) is 0 Å². The highest BCUT2D eigenvalue weighted by atomic mass is 16.4. The van der Waals surface area contributed by atoms with Crippen molar-refractivity contribution in [3.05, 3.63) is 71.8 Å². The van der Waals surface area contributed by atoms with Crippen molar-refractivity contribution in [2.24, 2.45) is 0 Å². The van der Waals surface area contributed by atoms with Crippen LogP contribution in [0.15, 0.2) is 60.7 Å². The van der Waals surface area contributed by atoms with E-state index in [0.29, 0.717) is 0 Å². The fraction of sp³-hybridized carbons (Fsp3) is 0.250. The van der Waals surface area contributed by atoms with E-state index < -0.39 is 0 Å². The largest absolute Gasteiger partial charge is 0.388 e. The van der Waals surface area contributed by atoms with Crippen molar-refractivity contribution in [3.63, 3.8) is 0 Å². The predicted octanol–water partition coefficient (Wildman–Crippen LogP) is 4.25. The summed E-state index contributed by atoms with van der Waals surface area (Å²) in [7, 11) is 3.25. The number of methoxy groups -OCH3 is 1. The summed E-state index contributed by atoms with van der Waals surface area (Å²) in [6, 6.07) is 20.4. The fourth-order valence-corrected chi connectivity index (χ4v) is 1.05. The van der Waals surface area contributed by atoms with E-state index in [1.807, 2.05) is 36.4 Å². The molecule has 1 heteroatoms. The highest BCUT2D eigenvalue weighted by Gasteiger charge is 1.83. The van der Waals surface area contributed by atoms with Crippen LogP contribution in [0.5, 0.6) is 0 Å². The molecule has 2 aromatic rings. The number of rotatable bonds is 0. The number of hydrogen-bond acceptors (Lipinski definition) is 1. The van der Waals surface area contributed by atoms with Crippen LogP contribution in [-0.2, 0) is 4.74 Å². The third-order valence-corrected chi connectivity index (χ3v) is 2.09. The van der Waals surface area contributed by atoms with Crippen LogP contribution in [0.2, 0.25) is 0 Å². The molecular weight excluding hydrogens is 208 g/mol. The van der Waals surface area contributed by atoms with Crippen LogP contribution in [0.4, 0.5) is 0 Å². The highest BCUT2D eigenvalue weighted by molar-refractivity contribution is 5.23. The molecule has 0 heterocycles. The minimum Gasteiger partial charge on any atom is -0.388 e. The molecule has 2 rings (SSSR count). The highest BCUT2D eigenvalue weighted by Crippen LogP contribution is 2.02. The Labute approximate surface area is 105 Å². The molecule has 17 heavy (non-hydrogen) atoms. The van der Waals surface area contributed by atoms with E-state index in [1.54, 1.807) is 14.2 Å². The number of ether oxygens (including phenoxy) is 1. The molecule has 0 radical (unpaired) electrons. The van der Waals surface area contributed by atoms with Crippen LogP contribution in [0, 0.1) is 13.8 Å². The van der Waals surface area contributed by atoms with Crippen molar-refractivity contribution < 1.29 is 4.74 Å². The van der Waals surface area contributed by atoms with Crippen molar-refractivity contribution in [3.8, 4) is 0 Å². The molecule has 0 aliphatic carbocycles. The zero-order valence-corrected chi connectivity index (χ0v) is 11.2. The Morgan fingerprint density at radius 3 is 1.00 bits per heavy atom. The van der Waals surface area contributed by atoms with E-state index >= 15 is 0 Å². The Morgan fingerprint density at radius 2 is 0.824 bits per heavy atom. The molecule has 0 fully saturated rings. The van der Waals surface area contributed by atoms with E-state index in [0.717, 1.165) is 0 Å². The Kier molecular flexibility index (Phi) is 9.88. The van der Waals surface area contributed by atoms with Gasteiger partial charge in [-0.2, -0.15) is 0 Å². The lowest BCUT2D eigenvalue weighted by Gasteiger charge is -1.93. The SMILES string of the molecule is COC.Cc1ccccc1C.c1ccccc1. The molecule has 0 saturated carbocycles. The first-order valence-corrected chi connectivity index (χ1v) is 5.64. The summed E-state index contributed by atoms with van der Waals surface area (Å²) < 4.78 is 4.25. The summed E-state index contributed by atoms with van der Waals surface area (Å²) in [5.41, 5.74) is 2.74. The van der Waals surface area contributed by atoms with Gasteiger partial charge in [-0.05, 0) is 25.0 Å². The monoisotopic (exact) mass is 230 g/mol. The Bertz CT molecular complexity index is 321.